The van der Waals surface area contributed by atoms with Gasteiger partial charge in [0.1, 0.15) is 5.82 Å². The lowest BCUT2D eigenvalue weighted by Gasteiger charge is -2.33. The molecule has 29 heavy (non-hydrogen) atoms. The number of carbonyl (C=O) groups is 1. The number of hydrogen-bond acceptors (Lipinski definition) is 5. The van der Waals surface area contributed by atoms with Gasteiger partial charge in [0.05, 0.1) is 37.3 Å². The monoisotopic (exact) mass is 399 g/mol. The predicted molar refractivity (Wildman–Crippen MR) is 109 cm³/mol. The molecule has 2 fully saturated rings. The minimum absolute atomic E-state index is 0.0955. The normalized spacial score (nSPS) is 20.6. The third-order valence-corrected chi connectivity index (χ3v) is 5.51. The Hall–Kier alpha value is -2.45. The van der Waals surface area contributed by atoms with Crippen LogP contribution in [0.1, 0.15) is 37.8 Å². The summed E-state index contributed by atoms with van der Waals surface area (Å²) in [6, 6.07) is 7.47. The Kier molecular flexibility index (Phi) is 6.74. The number of hydrogen-bond donors (Lipinski definition) is 1. The van der Waals surface area contributed by atoms with Gasteiger partial charge in [-0.05, 0) is 44.2 Å². The molecule has 0 bridgehead atoms. The van der Waals surface area contributed by atoms with E-state index in [1.165, 1.54) is 6.42 Å². The molecule has 0 aliphatic carbocycles. The molecule has 156 valence electrons. The Morgan fingerprint density at radius 1 is 1.17 bits per heavy atom. The fourth-order valence-electron chi connectivity index (χ4n) is 3.81. The number of pyridine rings is 1. The lowest BCUT2D eigenvalue weighted by molar-refractivity contribution is -0.0726. The molecule has 1 atom stereocenters. The SMILES string of the molecule is O=C(Nc1ccnn1Cc1ccccn1)N1CCC(OCC2CCCCO2)CC1. The fourth-order valence-corrected chi connectivity index (χ4v) is 3.81. The average Bonchev–Trinajstić information content (AvgIpc) is 3.20. The van der Waals surface area contributed by atoms with Gasteiger partial charge in [0, 0.05) is 32.0 Å². The number of piperidine rings is 1. The zero-order valence-corrected chi connectivity index (χ0v) is 16.7. The highest BCUT2D eigenvalue weighted by atomic mass is 16.5. The van der Waals surface area contributed by atoms with E-state index in [0.717, 1.165) is 38.0 Å². The van der Waals surface area contributed by atoms with Crippen LogP contribution in [0.2, 0.25) is 0 Å². The van der Waals surface area contributed by atoms with Crippen LogP contribution in [-0.4, -0.2) is 64.2 Å². The van der Waals surface area contributed by atoms with E-state index in [0.29, 0.717) is 32.1 Å². The summed E-state index contributed by atoms with van der Waals surface area (Å²) in [4.78, 5) is 18.8. The van der Waals surface area contributed by atoms with Crippen LogP contribution >= 0.6 is 0 Å². The summed E-state index contributed by atoms with van der Waals surface area (Å²) in [6.07, 6.45) is 9.07. The number of carbonyl (C=O) groups excluding carboxylic acids is 1. The second kappa shape index (κ2) is 9.84. The number of amides is 2. The first-order valence-corrected chi connectivity index (χ1v) is 10.5. The van der Waals surface area contributed by atoms with Crippen molar-refractivity contribution in [2.75, 3.05) is 31.6 Å². The molecule has 2 amide bonds. The maximum absolute atomic E-state index is 12.7. The first-order chi connectivity index (χ1) is 14.3. The smallest absolute Gasteiger partial charge is 0.323 e. The molecule has 0 spiro atoms. The van der Waals surface area contributed by atoms with Gasteiger partial charge in [0.25, 0.3) is 0 Å². The number of ether oxygens (including phenoxy) is 2. The van der Waals surface area contributed by atoms with Crippen molar-refractivity contribution in [1.29, 1.82) is 0 Å². The third kappa shape index (κ3) is 5.55. The molecule has 2 aromatic heterocycles. The number of rotatable bonds is 6. The van der Waals surface area contributed by atoms with Crippen molar-refractivity contribution in [3.63, 3.8) is 0 Å². The van der Waals surface area contributed by atoms with Crippen LogP contribution in [0.3, 0.4) is 0 Å². The number of nitrogens with zero attached hydrogens (tertiary/aromatic N) is 4. The number of aromatic nitrogens is 3. The second-order valence-corrected chi connectivity index (χ2v) is 7.63. The van der Waals surface area contributed by atoms with E-state index >= 15 is 0 Å². The van der Waals surface area contributed by atoms with Gasteiger partial charge in [0.15, 0.2) is 0 Å². The third-order valence-electron chi connectivity index (χ3n) is 5.51. The lowest BCUT2D eigenvalue weighted by atomic mass is 10.1. The number of likely N-dealkylation sites (tertiary alicyclic amines) is 1. The van der Waals surface area contributed by atoms with Crippen molar-refractivity contribution in [1.82, 2.24) is 19.7 Å². The Morgan fingerprint density at radius 2 is 2.07 bits per heavy atom. The van der Waals surface area contributed by atoms with Crippen LogP contribution in [-0.2, 0) is 16.0 Å². The van der Waals surface area contributed by atoms with Gasteiger partial charge >= 0.3 is 6.03 Å². The van der Waals surface area contributed by atoms with E-state index in [1.54, 1.807) is 23.1 Å². The van der Waals surface area contributed by atoms with Crippen LogP contribution in [0.5, 0.6) is 0 Å². The van der Waals surface area contributed by atoms with E-state index < -0.39 is 0 Å². The Balaban J connectivity index is 1.23. The molecule has 0 aromatic carbocycles. The van der Waals surface area contributed by atoms with Crippen molar-refractivity contribution < 1.29 is 14.3 Å². The van der Waals surface area contributed by atoms with Gasteiger partial charge in [-0.15, -0.1) is 0 Å². The highest BCUT2D eigenvalue weighted by molar-refractivity contribution is 5.88. The van der Waals surface area contributed by atoms with Crippen LogP contribution in [0, 0.1) is 0 Å². The lowest BCUT2D eigenvalue weighted by Crippen LogP contribution is -2.43. The Bertz CT molecular complexity index is 768. The Labute approximate surface area is 171 Å². The molecule has 2 aromatic rings. The van der Waals surface area contributed by atoms with E-state index in [-0.39, 0.29) is 18.2 Å². The van der Waals surface area contributed by atoms with Gasteiger partial charge in [-0.3, -0.25) is 10.3 Å². The van der Waals surface area contributed by atoms with E-state index in [4.69, 9.17) is 9.47 Å². The molecule has 0 radical (unpaired) electrons. The minimum Gasteiger partial charge on any atom is -0.376 e. The highest BCUT2D eigenvalue weighted by Gasteiger charge is 2.25. The zero-order chi connectivity index (χ0) is 19.9. The molecular formula is C21H29N5O3. The second-order valence-electron chi connectivity index (χ2n) is 7.63. The molecule has 1 unspecified atom stereocenters. The quantitative estimate of drug-likeness (QED) is 0.808. The van der Waals surface area contributed by atoms with Crippen LogP contribution < -0.4 is 5.32 Å². The number of anilines is 1. The standard InChI is InChI=1S/C21H29N5O3/c27-21(24-20-7-11-23-26(20)15-17-5-1-3-10-22-17)25-12-8-18(9-13-25)29-16-19-6-2-4-14-28-19/h1,3,5,7,10-11,18-19H,2,4,6,8-9,12-16H2,(H,24,27). The molecule has 2 aliphatic heterocycles. The van der Waals surface area contributed by atoms with Gasteiger partial charge < -0.3 is 14.4 Å². The molecular weight excluding hydrogens is 370 g/mol. The molecule has 1 N–H and O–H groups in total. The highest BCUT2D eigenvalue weighted by Crippen LogP contribution is 2.19. The van der Waals surface area contributed by atoms with Crippen LogP contribution in [0.4, 0.5) is 10.6 Å². The van der Waals surface area contributed by atoms with Crippen molar-refractivity contribution >= 4 is 11.8 Å². The summed E-state index contributed by atoms with van der Waals surface area (Å²) >= 11 is 0. The van der Waals surface area contributed by atoms with Crippen molar-refractivity contribution in [3.8, 4) is 0 Å². The molecule has 4 heterocycles. The molecule has 4 rings (SSSR count). The maximum atomic E-state index is 12.7. The topological polar surface area (TPSA) is 81.5 Å². The summed E-state index contributed by atoms with van der Waals surface area (Å²) in [5.41, 5.74) is 0.895. The van der Waals surface area contributed by atoms with E-state index in [9.17, 15) is 4.79 Å². The van der Waals surface area contributed by atoms with Crippen molar-refractivity contribution in [2.24, 2.45) is 0 Å². The van der Waals surface area contributed by atoms with E-state index in [1.807, 2.05) is 23.1 Å². The maximum Gasteiger partial charge on any atom is 0.323 e. The summed E-state index contributed by atoms with van der Waals surface area (Å²) in [5.74, 6) is 0.675. The molecule has 2 saturated heterocycles. The van der Waals surface area contributed by atoms with Crippen molar-refractivity contribution in [3.05, 3.63) is 42.4 Å². The van der Waals surface area contributed by atoms with Gasteiger partial charge in [0.2, 0.25) is 0 Å². The van der Waals surface area contributed by atoms with Crippen molar-refractivity contribution in [2.45, 2.75) is 50.9 Å². The summed E-state index contributed by atoms with van der Waals surface area (Å²) in [5, 5.41) is 7.28. The zero-order valence-electron chi connectivity index (χ0n) is 16.7. The Morgan fingerprint density at radius 3 is 2.83 bits per heavy atom. The molecule has 2 aliphatic rings. The van der Waals surface area contributed by atoms with Crippen LogP contribution in [0.15, 0.2) is 36.7 Å². The van der Waals surface area contributed by atoms with Crippen LogP contribution in [0.25, 0.3) is 0 Å². The van der Waals surface area contributed by atoms with Gasteiger partial charge in [-0.1, -0.05) is 6.07 Å². The predicted octanol–water partition coefficient (Wildman–Crippen LogP) is 2.91. The molecule has 8 heteroatoms. The largest absolute Gasteiger partial charge is 0.376 e. The summed E-state index contributed by atoms with van der Waals surface area (Å²) in [7, 11) is 0. The first-order valence-electron chi connectivity index (χ1n) is 10.5. The number of urea groups is 1. The first kappa shape index (κ1) is 19.8. The van der Waals surface area contributed by atoms with Gasteiger partial charge in [-0.25, -0.2) is 9.48 Å². The fraction of sp³-hybridized carbons (Fsp3) is 0.571. The number of nitrogens with one attached hydrogen (secondary N) is 1. The average molecular weight is 399 g/mol. The van der Waals surface area contributed by atoms with Gasteiger partial charge in [-0.2, -0.15) is 5.10 Å². The molecule has 0 saturated carbocycles. The summed E-state index contributed by atoms with van der Waals surface area (Å²) in [6.45, 7) is 3.42. The minimum atomic E-state index is -0.0955. The summed E-state index contributed by atoms with van der Waals surface area (Å²) < 4.78 is 13.5. The van der Waals surface area contributed by atoms with E-state index in [2.05, 4.69) is 15.4 Å². The molecule has 8 nitrogen and oxygen atoms in total.